The molecular weight excluding hydrogens is 360 g/mol. The number of fused-ring (bicyclic) bond motifs is 1. The van der Waals surface area contributed by atoms with Gasteiger partial charge in [0.05, 0.1) is 5.75 Å². The summed E-state index contributed by atoms with van der Waals surface area (Å²) in [6.45, 7) is 1.11. The third-order valence-electron chi connectivity index (χ3n) is 5.85. The topological polar surface area (TPSA) is 59.5 Å². The number of piperidine rings is 1. The van der Waals surface area contributed by atoms with Crippen molar-refractivity contribution in [2.75, 3.05) is 18.8 Å². The van der Waals surface area contributed by atoms with Gasteiger partial charge < -0.3 is 4.74 Å². The molecule has 0 unspecified atom stereocenters. The van der Waals surface area contributed by atoms with E-state index in [1.807, 2.05) is 30.3 Å². The van der Waals surface area contributed by atoms with Crippen molar-refractivity contribution < 1.29 is 13.2 Å². The lowest BCUT2D eigenvalue weighted by Gasteiger charge is -2.33. The molecule has 6 heteroatoms. The predicted octanol–water partition coefficient (Wildman–Crippen LogP) is 3.99. The molecule has 2 aromatic rings. The lowest BCUT2D eigenvalue weighted by molar-refractivity contribution is 0.136. The maximum absolute atomic E-state index is 12.8. The Hall–Kier alpha value is -1.66. The van der Waals surface area contributed by atoms with E-state index in [4.69, 9.17) is 4.74 Å². The van der Waals surface area contributed by atoms with E-state index in [0.29, 0.717) is 24.8 Å². The molecule has 5 nitrogen and oxygen atoms in total. The Labute approximate surface area is 161 Å². The van der Waals surface area contributed by atoms with Crippen LogP contribution < -0.4 is 4.74 Å². The highest BCUT2D eigenvalue weighted by Gasteiger charge is 2.31. The molecule has 4 rings (SSSR count). The number of aromatic nitrogens is 1. The number of para-hydroxylation sites is 1. The molecule has 1 aliphatic carbocycles. The first-order valence-corrected chi connectivity index (χ1v) is 11.7. The molecule has 0 bridgehead atoms. The fraction of sp³-hybridized carbons (Fsp3) is 0.571. The molecule has 0 atom stereocenters. The second-order valence-corrected chi connectivity index (χ2v) is 9.84. The summed E-state index contributed by atoms with van der Waals surface area (Å²) in [6, 6.07) is 9.89. The number of benzene rings is 1. The third kappa shape index (κ3) is 4.43. The van der Waals surface area contributed by atoms with Gasteiger partial charge in [-0.3, -0.25) is 4.98 Å². The summed E-state index contributed by atoms with van der Waals surface area (Å²) >= 11 is 0. The van der Waals surface area contributed by atoms with Crippen LogP contribution in [-0.2, 0) is 10.0 Å². The van der Waals surface area contributed by atoms with Crippen LogP contribution in [0.1, 0.15) is 44.9 Å². The smallest absolute Gasteiger partial charge is 0.214 e. The van der Waals surface area contributed by atoms with Gasteiger partial charge in [0, 0.05) is 24.7 Å². The normalized spacial score (nSPS) is 20.7. The zero-order chi connectivity index (χ0) is 18.7. The van der Waals surface area contributed by atoms with Crippen molar-refractivity contribution in [3.05, 3.63) is 36.5 Å². The number of pyridine rings is 1. The molecule has 146 valence electrons. The summed E-state index contributed by atoms with van der Waals surface area (Å²) in [5.41, 5.74) is 0.868. The summed E-state index contributed by atoms with van der Waals surface area (Å²) < 4.78 is 33.4. The molecule has 0 spiro atoms. The van der Waals surface area contributed by atoms with Crippen molar-refractivity contribution >= 4 is 20.9 Å². The number of ether oxygens (including phenoxy) is 1. The van der Waals surface area contributed by atoms with E-state index < -0.39 is 10.0 Å². The molecule has 1 saturated carbocycles. The molecular formula is C21H28N2O3S. The maximum atomic E-state index is 12.8. The number of sulfonamides is 1. The monoisotopic (exact) mass is 388 g/mol. The molecule has 1 aliphatic heterocycles. The Morgan fingerprint density at radius 3 is 2.52 bits per heavy atom. The van der Waals surface area contributed by atoms with Gasteiger partial charge in [-0.2, -0.15) is 0 Å². The van der Waals surface area contributed by atoms with Crippen LogP contribution in [0.15, 0.2) is 36.5 Å². The Morgan fingerprint density at radius 1 is 1.00 bits per heavy atom. The van der Waals surface area contributed by atoms with Gasteiger partial charge in [0.15, 0.2) is 0 Å². The molecule has 2 fully saturated rings. The highest BCUT2D eigenvalue weighted by atomic mass is 32.2. The molecule has 27 heavy (non-hydrogen) atoms. The van der Waals surface area contributed by atoms with Crippen LogP contribution in [0.4, 0.5) is 0 Å². The van der Waals surface area contributed by atoms with Gasteiger partial charge in [0.25, 0.3) is 0 Å². The number of hydrogen-bond acceptors (Lipinski definition) is 4. The van der Waals surface area contributed by atoms with Crippen LogP contribution >= 0.6 is 0 Å². The van der Waals surface area contributed by atoms with Gasteiger partial charge in [-0.15, -0.1) is 0 Å². The minimum atomic E-state index is -3.15. The summed E-state index contributed by atoms with van der Waals surface area (Å²) in [4.78, 5) is 4.43. The minimum absolute atomic E-state index is 0.0405. The minimum Gasteiger partial charge on any atom is -0.488 e. The average Bonchev–Trinajstić information content (AvgIpc) is 2.69. The largest absolute Gasteiger partial charge is 0.488 e. The Balaban J connectivity index is 1.35. The molecule has 0 N–H and O–H groups in total. The number of hydrogen-bond donors (Lipinski definition) is 0. The van der Waals surface area contributed by atoms with E-state index in [9.17, 15) is 8.42 Å². The number of nitrogens with zero attached hydrogens (tertiary/aromatic N) is 2. The summed E-state index contributed by atoms with van der Waals surface area (Å²) in [5.74, 6) is 1.46. The van der Waals surface area contributed by atoms with Crippen molar-refractivity contribution in [1.82, 2.24) is 9.29 Å². The standard InChI is InChI=1S/C21H28N2O3S/c24-27(25,16-17-6-2-1-3-7-17)23-14-11-19(12-15-23)26-20-10-4-8-18-9-5-13-22-21(18)20/h4-5,8-10,13,17,19H,1-3,6-7,11-12,14-16H2. The lowest BCUT2D eigenvalue weighted by atomic mass is 9.91. The Kier molecular flexibility index (Phi) is 5.64. The molecule has 1 saturated heterocycles. The molecule has 2 heterocycles. The van der Waals surface area contributed by atoms with E-state index >= 15 is 0 Å². The molecule has 0 amide bonds. The van der Waals surface area contributed by atoms with Gasteiger partial charge in [0.2, 0.25) is 10.0 Å². The first kappa shape index (κ1) is 18.7. The van der Waals surface area contributed by atoms with Gasteiger partial charge in [-0.1, -0.05) is 37.5 Å². The first-order valence-electron chi connectivity index (χ1n) is 10.1. The predicted molar refractivity (Wildman–Crippen MR) is 107 cm³/mol. The number of rotatable bonds is 5. The van der Waals surface area contributed by atoms with Crippen LogP contribution in [0.2, 0.25) is 0 Å². The third-order valence-corrected chi connectivity index (χ3v) is 7.90. The van der Waals surface area contributed by atoms with Crippen molar-refractivity contribution in [1.29, 1.82) is 0 Å². The van der Waals surface area contributed by atoms with Crippen molar-refractivity contribution in [3.8, 4) is 5.75 Å². The maximum Gasteiger partial charge on any atom is 0.214 e. The van der Waals surface area contributed by atoms with Gasteiger partial charge >= 0.3 is 0 Å². The molecule has 1 aromatic heterocycles. The summed E-state index contributed by atoms with van der Waals surface area (Å²) in [7, 11) is -3.15. The molecule has 1 aromatic carbocycles. The fourth-order valence-electron chi connectivity index (χ4n) is 4.34. The van der Waals surface area contributed by atoms with E-state index in [2.05, 4.69) is 4.98 Å². The summed E-state index contributed by atoms with van der Waals surface area (Å²) in [6.07, 6.45) is 9.00. The van der Waals surface area contributed by atoms with Crippen LogP contribution in [0, 0.1) is 5.92 Å². The molecule has 0 radical (unpaired) electrons. The van der Waals surface area contributed by atoms with Crippen LogP contribution in [0.5, 0.6) is 5.75 Å². The Morgan fingerprint density at radius 2 is 1.74 bits per heavy atom. The molecule has 2 aliphatic rings. The van der Waals surface area contributed by atoms with Crippen molar-refractivity contribution in [3.63, 3.8) is 0 Å². The Bertz CT molecular complexity index is 865. The van der Waals surface area contributed by atoms with Gasteiger partial charge in [-0.25, -0.2) is 12.7 Å². The van der Waals surface area contributed by atoms with E-state index in [-0.39, 0.29) is 6.10 Å². The van der Waals surface area contributed by atoms with E-state index in [1.165, 1.54) is 19.3 Å². The van der Waals surface area contributed by atoms with E-state index in [0.717, 1.165) is 42.3 Å². The fourth-order valence-corrected chi connectivity index (χ4v) is 6.24. The summed E-state index contributed by atoms with van der Waals surface area (Å²) in [5, 5.41) is 1.06. The quantitative estimate of drug-likeness (QED) is 0.777. The highest BCUT2D eigenvalue weighted by molar-refractivity contribution is 7.89. The van der Waals surface area contributed by atoms with Crippen LogP contribution in [0.3, 0.4) is 0 Å². The van der Waals surface area contributed by atoms with Crippen LogP contribution in [0.25, 0.3) is 10.9 Å². The first-order chi connectivity index (χ1) is 13.1. The lowest BCUT2D eigenvalue weighted by Crippen LogP contribution is -2.43. The van der Waals surface area contributed by atoms with Crippen molar-refractivity contribution in [2.24, 2.45) is 5.92 Å². The highest BCUT2D eigenvalue weighted by Crippen LogP contribution is 2.29. The zero-order valence-electron chi connectivity index (χ0n) is 15.7. The zero-order valence-corrected chi connectivity index (χ0v) is 16.5. The van der Waals surface area contributed by atoms with Gasteiger partial charge in [-0.05, 0) is 43.7 Å². The van der Waals surface area contributed by atoms with Crippen LogP contribution in [-0.4, -0.2) is 42.7 Å². The SMILES string of the molecule is O=S(=O)(CC1CCCCC1)N1CCC(Oc2cccc3cccnc23)CC1. The average molecular weight is 389 g/mol. The second kappa shape index (κ2) is 8.15. The second-order valence-electron chi connectivity index (χ2n) is 7.83. The van der Waals surface area contributed by atoms with Crippen molar-refractivity contribution in [2.45, 2.75) is 51.0 Å². The van der Waals surface area contributed by atoms with E-state index in [1.54, 1.807) is 10.5 Å². The van der Waals surface area contributed by atoms with Gasteiger partial charge in [0.1, 0.15) is 17.4 Å².